The van der Waals surface area contributed by atoms with Crippen molar-refractivity contribution in [3.05, 3.63) is 0 Å². The zero-order valence-corrected chi connectivity index (χ0v) is 13.0. The summed E-state index contributed by atoms with van der Waals surface area (Å²) in [5, 5.41) is 3.22. The van der Waals surface area contributed by atoms with Crippen LogP contribution in [0.4, 0.5) is 0 Å². The Kier molecular flexibility index (Phi) is 7.44. The SMILES string of the molecule is CC(N)CCCC(C)C(=O)N[C@@H](C)C1CCCCC1. The van der Waals surface area contributed by atoms with E-state index in [4.69, 9.17) is 5.73 Å². The van der Waals surface area contributed by atoms with Crippen LogP contribution in [0.3, 0.4) is 0 Å². The van der Waals surface area contributed by atoms with Crippen molar-refractivity contribution in [1.29, 1.82) is 0 Å². The summed E-state index contributed by atoms with van der Waals surface area (Å²) in [5.74, 6) is 1.03. The largest absolute Gasteiger partial charge is 0.353 e. The van der Waals surface area contributed by atoms with Gasteiger partial charge in [-0.3, -0.25) is 4.79 Å². The number of carbonyl (C=O) groups excluding carboxylic acids is 1. The monoisotopic (exact) mass is 268 g/mol. The van der Waals surface area contributed by atoms with Gasteiger partial charge in [0.1, 0.15) is 0 Å². The van der Waals surface area contributed by atoms with Crippen molar-refractivity contribution >= 4 is 5.91 Å². The van der Waals surface area contributed by atoms with Crippen molar-refractivity contribution in [3.8, 4) is 0 Å². The molecule has 1 fully saturated rings. The molecule has 0 bridgehead atoms. The maximum absolute atomic E-state index is 12.1. The van der Waals surface area contributed by atoms with Crippen molar-refractivity contribution in [2.75, 3.05) is 0 Å². The van der Waals surface area contributed by atoms with Crippen LogP contribution in [0.2, 0.25) is 0 Å². The third kappa shape index (κ3) is 6.42. The van der Waals surface area contributed by atoms with E-state index in [1.807, 2.05) is 13.8 Å². The Hall–Kier alpha value is -0.570. The van der Waals surface area contributed by atoms with E-state index in [-0.39, 0.29) is 17.9 Å². The van der Waals surface area contributed by atoms with Gasteiger partial charge in [-0.2, -0.15) is 0 Å². The lowest BCUT2D eigenvalue weighted by molar-refractivity contribution is -0.125. The quantitative estimate of drug-likeness (QED) is 0.745. The van der Waals surface area contributed by atoms with E-state index in [1.165, 1.54) is 32.1 Å². The van der Waals surface area contributed by atoms with Crippen molar-refractivity contribution in [3.63, 3.8) is 0 Å². The smallest absolute Gasteiger partial charge is 0.223 e. The van der Waals surface area contributed by atoms with E-state index in [0.717, 1.165) is 19.3 Å². The molecule has 112 valence electrons. The summed E-state index contributed by atoms with van der Waals surface area (Å²) >= 11 is 0. The van der Waals surface area contributed by atoms with Gasteiger partial charge >= 0.3 is 0 Å². The van der Waals surface area contributed by atoms with Gasteiger partial charge in [-0.15, -0.1) is 0 Å². The second-order valence-corrected chi connectivity index (χ2v) is 6.50. The molecule has 1 saturated carbocycles. The van der Waals surface area contributed by atoms with Crippen LogP contribution < -0.4 is 11.1 Å². The Morgan fingerprint density at radius 1 is 1.16 bits per heavy atom. The molecular weight excluding hydrogens is 236 g/mol. The van der Waals surface area contributed by atoms with E-state index >= 15 is 0 Å². The number of amides is 1. The number of hydrogen-bond donors (Lipinski definition) is 2. The first-order valence-electron chi connectivity index (χ1n) is 8.06. The summed E-state index contributed by atoms with van der Waals surface area (Å²) < 4.78 is 0. The molecule has 3 nitrogen and oxygen atoms in total. The van der Waals surface area contributed by atoms with Gasteiger partial charge < -0.3 is 11.1 Å². The molecule has 3 heteroatoms. The van der Waals surface area contributed by atoms with Crippen molar-refractivity contribution in [2.24, 2.45) is 17.6 Å². The van der Waals surface area contributed by atoms with Gasteiger partial charge in [-0.05, 0) is 45.4 Å². The van der Waals surface area contributed by atoms with Crippen LogP contribution in [0.5, 0.6) is 0 Å². The standard InChI is InChI=1S/C16H32N2O/c1-12(8-7-9-13(2)17)16(19)18-14(3)15-10-5-4-6-11-15/h12-15H,4-11,17H2,1-3H3,(H,18,19)/t12?,13?,14-/m0/s1. The molecule has 1 amide bonds. The van der Waals surface area contributed by atoms with Crippen LogP contribution in [0.15, 0.2) is 0 Å². The summed E-state index contributed by atoms with van der Waals surface area (Å²) in [4.78, 5) is 12.1. The predicted molar refractivity (Wildman–Crippen MR) is 80.8 cm³/mol. The third-order valence-electron chi connectivity index (χ3n) is 4.47. The summed E-state index contributed by atoms with van der Waals surface area (Å²) in [6.45, 7) is 6.22. The highest BCUT2D eigenvalue weighted by Gasteiger charge is 2.23. The Morgan fingerprint density at radius 2 is 1.79 bits per heavy atom. The number of nitrogens with one attached hydrogen (secondary N) is 1. The van der Waals surface area contributed by atoms with E-state index in [2.05, 4.69) is 12.2 Å². The molecule has 0 aromatic carbocycles. The zero-order valence-electron chi connectivity index (χ0n) is 13.0. The molecule has 2 unspecified atom stereocenters. The molecule has 0 aromatic heterocycles. The van der Waals surface area contributed by atoms with Crippen molar-refractivity contribution < 1.29 is 4.79 Å². The average Bonchev–Trinajstić information content (AvgIpc) is 2.39. The highest BCUT2D eigenvalue weighted by atomic mass is 16.1. The number of rotatable bonds is 7. The van der Waals surface area contributed by atoms with E-state index < -0.39 is 0 Å². The van der Waals surface area contributed by atoms with Crippen LogP contribution in [-0.2, 0) is 4.79 Å². The molecule has 0 spiro atoms. The maximum Gasteiger partial charge on any atom is 0.223 e. The summed E-state index contributed by atoms with van der Waals surface area (Å²) in [7, 11) is 0. The highest BCUT2D eigenvalue weighted by Crippen LogP contribution is 2.26. The van der Waals surface area contributed by atoms with Crippen molar-refractivity contribution in [1.82, 2.24) is 5.32 Å². The molecule has 1 aliphatic rings. The average molecular weight is 268 g/mol. The molecule has 0 heterocycles. The molecule has 19 heavy (non-hydrogen) atoms. The molecule has 0 aliphatic heterocycles. The van der Waals surface area contributed by atoms with Gasteiger partial charge in [0, 0.05) is 18.0 Å². The number of nitrogens with two attached hydrogens (primary N) is 1. The Bertz CT molecular complexity index is 259. The molecule has 0 aromatic rings. The normalized spacial score (nSPS) is 21.7. The van der Waals surface area contributed by atoms with Crippen LogP contribution in [0.25, 0.3) is 0 Å². The first-order valence-corrected chi connectivity index (χ1v) is 8.06. The summed E-state index contributed by atoms with van der Waals surface area (Å²) in [5.41, 5.74) is 5.73. The first-order chi connectivity index (χ1) is 9.00. The molecule has 0 saturated heterocycles. The van der Waals surface area contributed by atoms with Gasteiger partial charge in [-0.25, -0.2) is 0 Å². The van der Waals surface area contributed by atoms with Gasteiger partial charge in [0.25, 0.3) is 0 Å². The lowest BCUT2D eigenvalue weighted by Gasteiger charge is -2.29. The summed E-state index contributed by atoms with van der Waals surface area (Å²) in [6, 6.07) is 0.583. The predicted octanol–water partition coefficient (Wildman–Crippen LogP) is 3.23. The topological polar surface area (TPSA) is 55.1 Å². The lowest BCUT2D eigenvalue weighted by atomic mass is 9.84. The molecular formula is C16H32N2O. The van der Waals surface area contributed by atoms with Crippen LogP contribution in [0.1, 0.15) is 72.1 Å². The van der Waals surface area contributed by atoms with Crippen LogP contribution in [0, 0.1) is 11.8 Å². The highest BCUT2D eigenvalue weighted by molar-refractivity contribution is 5.78. The summed E-state index contributed by atoms with van der Waals surface area (Å²) in [6.07, 6.45) is 9.58. The second-order valence-electron chi connectivity index (χ2n) is 6.50. The fourth-order valence-corrected chi connectivity index (χ4v) is 3.00. The Labute approximate surface area is 118 Å². The van der Waals surface area contributed by atoms with Crippen molar-refractivity contribution in [2.45, 2.75) is 84.2 Å². The minimum absolute atomic E-state index is 0.116. The van der Waals surface area contributed by atoms with Crippen LogP contribution >= 0.6 is 0 Å². The number of carbonyl (C=O) groups is 1. The van der Waals surface area contributed by atoms with E-state index in [9.17, 15) is 4.79 Å². The minimum Gasteiger partial charge on any atom is -0.353 e. The van der Waals surface area contributed by atoms with E-state index in [1.54, 1.807) is 0 Å². The van der Waals surface area contributed by atoms with E-state index in [0.29, 0.717) is 12.0 Å². The zero-order chi connectivity index (χ0) is 14.3. The fraction of sp³-hybridized carbons (Fsp3) is 0.938. The van der Waals surface area contributed by atoms with Gasteiger partial charge in [0.15, 0.2) is 0 Å². The Balaban J connectivity index is 2.24. The molecule has 1 rings (SSSR count). The van der Waals surface area contributed by atoms with Crippen LogP contribution in [-0.4, -0.2) is 18.0 Å². The second kappa shape index (κ2) is 8.57. The van der Waals surface area contributed by atoms with Gasteiger partial charge in [0.05, 0.1) is 0 Å². The maximum atomic E-state index is 12.1. The molecule has 0 radical (unpaired) electrons. The van der Waals surface area contributed by atoms with Gasteiger partial charge in [-0.1, -0.05) is 32.6 Å². The lowest BCUT2D eigenvalue weighted by Crippen LogP contribution is -2.41. The molecule has 3 atom stereocenters. The molecule has 1 aliphatic carbocycles. The fourth-order valence-electron chi connectivity index (χ4n) is 3.00. The third-order valence-corrected chi connectivity index (χ3v) is 4.47. The Morgan fingerprint density at radius 3 is 2.37 bits per heavy atom. The minimum atomic E-state index is 0.116. The number of hydrogen-bond acceptors (Lipinski definition) is 2. The van der Waals surface area contributed by atoms with Gasteiger partial charge in [0.2, 0.25) is 5.91 Å². The molecule has 3 N–H and O–H groups in total. The first kappa shape index (κ1) is 16.5.